The molecule has 7 heteroatoms. The smallest absolute Gasteiger partial charge is 0.0814 e. The summed E-state index contributed by atoms with van der Waals surface area (Å²) in [6, 6.07) is 9.60. The first kappa shape index (κ1) is 23.8. The van der Waals surface area contributed by atoms with Gasteiger partial charge in [-0.2, -0.15) is 0 Å². The Morgan fingerprint density at radius 3 is 1.31 bits per heavy atom. The van der Waals surface area contributed by atoms with Gasteiger partial charge in [0.15, 0.2) is 0 Å². The van der Waals surface area contributed by atoms with Gasteiger partial charge in [0.25, 0.3) is 0 Å². The summed E-state index contributed by atoms with van der Waals surface area (Å²) in [5.41, 5.74) is 0. The highest BCUT2D eigenvalue weighted by atomic mass is 19.0. The largest absolute Gasteiger partial charge is 0.368 e. The maximum atomic E-state index is 4.00. The third kappa shape index (κ3) is 18.1. The van der Waals surface area contributed by atoms with Gasteiger partial charge in [-0.3, -0.25) is 26.1 Å². The molecule has 0 aliphatic carbocycles. The van der Waals surface area contributed by atoms with Crippen molar-refractivity contribution in [3.8, 4) is 0 Å². The van der Waals surface area contributed by atoms with Crippen molar-refractivity contribution < 1.29 is 9.41 Å². The fourth-order valence-electron chi connectivity index (χ4n) is 0.590. The minimum absolute atomic E-state index is 0. The molecule has 0 saturated heterocycles. The number of hydrogen-bond acceptors (Lipinski definition) is 3. The topological polar surface area (TPSA) is 80.7 Å². The summed E-state index contributed by atoms with van der Waals surface area (Å²) in [4.78, 5) is 6.65. The third-order valence-corrected chi connectivity index (χ3v) is 1.06. The zero-order chi connectivity index (χ0) is 9.78. The standard InChI is InChI=1S/C5H5N.C4H5N.BH3.2FH.H4N2/c1-2-4-6-5-3-1;1-2-4-5-3-1;;;;1-2/h1-5H;1-5H;1H3;2*1H;1-2H2. The lowest BCUT2D eigenvalue weighted by molar-refractivity contribution is 1.11. The minimum atomic E-state index is 0. The van der Waals surface area contributed by atoms with Crippen LogP contribution in [-0.4, -0.2) is 18.4 Å². The normalized spacial score (nSPS) is 5.88. The Balaban J connectivity index is -0.0000000676. The molecule has 92 valence electrons. The van der Waals surface area contributed by atoms with Crippen molar-refractivity contribution in [3.05, 3.63) is 55.1 Å². The monoisotopic (exact) mass is 232 g/mol. The summed E-state index contributed by atoms with van der Waals surface area (Å²) in [6.45, 7) is 0. The van der Waals surface area contributed by atoms with Crippen LogP contribution in [0.4, 0.5) is 9.41 Å². The molecule has 4 nitrogen and oxygen atoms in total. The van der Waals surface area contributed by atoms with E-state index < -0.39 is 0 Å². The second kappa shape index (κ2) is 23.3. The first-order valence-corrected chi connectivity index (χ1v) is 3.76. The van der Waals surface area contributed by atoms with Crippen LogP contribution in [0, 0.1) is 0 Å². The van der Waals surface area contributed by atoms with Gasteiger partial charge in [0.1, 0.15) is 0 Å². The van der Waals surface area contributed by atoms with Gasteiger partial charge in [-0.15, -0.1) is 0 Å². The van der Waals surface area contributed by atoms with Crippen LogP contribution >= 0.6 is 0 Å². The summed E-state index contributed by atoms with van der Waals surface area (Å²) >= 11 is 0. The molecule has 0 aromatic carbocycles. The molecule has 0 amide bonds. The summed E-state index contributed by atoms with van der Waals surface area (Å²) in [7, 11) is 0. The molecule has 5 N–H and O–H groups in total. The lowest BCUT2D eigenvalue weighted by Crippen LogP contribution is -2.02. The van der Waals surface area contributed by atoms with E-state index in [4.69, 9.17) is 0 Å². The Bertz CT molecular complexity index is 211. The van der Waals surface area contributed by atoms with Gasteiger partial charge in [0.05, 0.1) is 8.41 Å². The van der Waals surface area contributed by atoms with Crippen molar-refractivity contribution in [2.45, 2.75) is 0 Å². The number of pyridine rings is 1. The SMILES string of the molecule is B.F.F.NN.c1cc[nH]c1.c1ccncc1. The number of aromatic amines is 1. The molecule has 16 heavy (non-hydrogen) atoms. The quantitative estimate of drug-likeness (QED) is 0.340. The maximum absolute atomic E-state index is 4.00. The number of nitrogens with one attached hydrogen (secondary N) is 1. The van der Waals surface area contributed by atoms with Crippen LogP contribution in [0.5, 0.6) is 0 Å². The molecule has 0 radical (unpaired) electrons. The summed E-state index contributed by atoms with van der Waals surface area (Å²) in [5, 5.41) is 0. The number of aromatic nitrogens is 2. The molecule has 0 bridgehead atoms. The van der Waals surface area contributed by atoms with Gasteiger partial charge in [0.2, 0.25) is 0 Å². The first-order valence-electron chi connectivity index (χ1n) is 3.76. The minimum Gasteiger partial charge on any atom is -0.368 e. The van der Waals surface area contributed by atoms with E-state index in [0.717, 1.165) is 0 Å². The fraction of sp³-hybridized carbons (Fsp3) is 0. The van der Waals surface area contributed by atoms with E-state index in [1.807, 2.05) is 42.7 Å². The van der Waals surface area contributed by atoms with Crippen LogP contribution in [0.25, 0.3) is 0 Å². The molecule has 2 aromatic heterocycles. The van der Waals surface area contributed by atoms with E-state index >= 15 is 0 Å². The average Bonchev–Trinajstić information content (AvgIpc) is 2.82. The van der Waals surface area contributed by atoms with Gasteiger partial charge in [0, 0.05) is 24.8 Å². The number of nitrogens with two attached hydrogens (primary N) is 2. The highest BCUT2D eigenvalue weighted by molar-refractivity contribution is 5.75. The molecule has 0 unspecified atom stereocenters. The van der Waals surface area contributed by atoms with Crippen LogP contribution in [0.2, 0.25) is 0 Å². The summed E-state index contributed by atoms with van der Waals surface area (Å²) in [5.74, 6) is 8.00. The zero-order valence-electron chi connectivity index (χ0n) is 8.11. The first-order chi connectivity index (χ1) is 6.50. The second-order valence-electron chi connectivity index (χ2n) is 1.91. The Morgan fingerprint density at radius 1 is 0.750 bits per heavy atom. The average molecular weight is 232 g/mol. The van der Waals surface area contributed by atoms with E-state index in [1.54, 1.807) is 12.4 Å². The molecule has 2 heterocycles. The van der Waals surface area contributed by atoms with Crippen LogP contribution in [0.15, 0.2) is 55.1 Å². The number of hydrogen-bond donors (Lipinski definition) is 3. The molecule has 0 aliphatic heterocycles. The molecular weight excluding hydrogens is 213 g/mol. The van der Waals surface area contributed by atoms with Crippen molar-refractivity contribution in [1.29, 1.82) is 0 Å². The lowest BCUT2D eigenvalue weighted by Gasteiger charge is -1.70. The van der Waals surface area contributed by atoms with E-state index in [2.05, 4.69) is 21.7 Å². The number of nitrogens with zero attached hydrogens (tertiary/aromatic N) is 1. The van der Waals surface area contributed by atoms with Crippen LogP contribution in [-0.2, 0) is 0 Å². The Labute approximate surface area is 95.4 Å². The van der Waals surface area contributed by atoms with Crippen molar-refractivity contribution in [1.82, 2.24) is 9.97 Å². The van der Waals surface area contributed by atoms with Crippen LogP contribution in [0.3, 0.4) is 0 Å². The maximum Gasteiger partial charge on any atom is 0.0814 e. The molecule has 0 fully saturated rings. The molecular formula is C9H19BF2N4. The van der Waals surface area contributed by atoms with Crippen molar-refractivity contribution in [2.24, 2.45) is 11.7 Å². The van der Waals surface area contributed by atoms with Crippen molar-refractivity contribution in [3.63, 3.8) is 0 Å². The van der Waals surface area contributed by atoms with E-state index in [-0.39, 0.29) is 17.8 Å². The summed E-state index contributed by atoms with van der Waals surface area (Å²) < 4.78 is 0. The molecule has 0 aliphatic rings. The van der Waals surface area contributed by atoms with Crippen LogP contribution < -0.4 is 11.7 Å². The predicted molar refractivity (Wildman–Crippen MR) is 68.3 cm³/mol. The van der Waals surface area contributed by atoms with E-state index in [0.29, 0.717) is 0 Å². The van der Waals surface area contributed by atoms with Crippen molar-refractivity contribution >= 4 is 8.41 Å². The highest BCUT2D eigenvalue weighted by Crippen LogP contribution is 1.73. The van der Waals surface area contributed by atoms with Gasteiger partial charge >= 0.3 is 0 Å². The number of halogens is 2. The molecule has 0 atom stereocenters. The number of rotatable bonds is 0. The summed E-state index contributed by atoms with van der Waals surface area (Å²) in [6.07, 6.45) is 7.25. The lowest BCUT2D eigenvalue weighted by atomic mass is 10.5. The second-order valence-corrected chi connectivity index (χ2v) is 1.91. The number of hydrazine groups is 1. The van der Waals surface area contributed by atoms with Gasteiger partial charge < -0.3 is 4.98 Å². The molecule has 0 spiro atoms. The molecule has 2 rings (SSSR count). The zero-order valence-corrected chi connectivity index (χ0v) is 8.11. The van der Waals surface area contributed by atoms with Crippen molar-refractivity contribution in [2.75, 3.05) is 0 Å². The highest BCUT2D eigenvalue weighted by Gasteiger charge is 1.58. The van der Waals surface area contributed by atoms with E-state index in [9.17, 15) is 0 Å². The van der Waals surface area contributed by atoms with Gasteiger partial charge in [-0.25, -0.2) is 0 Å². The van der Waals surface area contributed by atoms with E-state index in [1.165, 1.54) is 0 Å². The Kier molecular flexibility index (Phi) is 34.6. The number of H-pyrrole nitrogens is 1. The van der Waals surface area contributed by atoms with Crippen LogP contribution in [0.1, 0.15) is 0 Å². The predicted octanol–water partition coefficient (Wildman–Crippen LogP) is 0.0362. The fourth-order valence-corrected chi connectivity index (χ4v) is 0.590. The van der Waals surface area contributed by atoms with Gasteiger partial charge in [-0.1, -0.05) is 6.07 Å². The third-order valence-electron chi connectivity index (χ3n) is 1.06. The Hall–Kier alpha value is -1.73. The van der Waals surface area contributed by atoms with Gasteiger partial charge in [-0.05, 0) is 24.3 Å². The molecule has 0 saturated carbocycles. The molecule has 2 aromatic rings. The Morgan fingerprint density at radius 2 is 1.19 bits per heavy atom.